The first-order chi connectivity index (χ1) is 10.6. The van der Waals surface area contributed by atoms with Crippen LogP contribution in [0.2, 0.25) is 0 Å². The van der Waals surface area contributed by atoms with Crippen LogP contribution in [-0.2, 0) is 6.42 Å². The van der Waals surface area contributed by atoms with E-state index in [9.17, 15) is 4.79 Å². The predicted molar refractivity (Wildman–Crippen MR) is 91.1 cm³/mol. The molecule has 2 rings (SSSR count). The van der Waals surface area contributed by atoms with Gasteiger partial charge in [-0.25, -0.2) is 0 Å². The topological polar surface area (TPSA) is 41.1 Å². The summed E-state index contributed by atoms with van der Waals surface area (Å²) >= 11 is 0. The third-order valence-corrected chi connectivity index (χ3v) is 3.91. The lowest BCUT2D eigenvalue weighted by Crippen LogP contribution is -2.28. The second-order valence-electron chi connectivity index (χ2n) is 5.56. The maximum atomic E-state index is 12.6. The first-order valence-corrected chi connectivity index (χ1v) is 7.72. The van der Waals surface area contributed by atoms with E-state index in [2.05, 4.69) is 29.7 Å². The summed E-state index contributed by atoms with van der Waals surface area (Å²) in [6.07, 6.45) is 0.846. The van der Waals surface area contributed by atoms with Gasteiger partial charge in [0.2, 0.25) is 0 Å². The molecule has 2 N–H and O–H groups in total. The van der Waals surface area contributed by atoms with Gasteiger partial charge in [0.25, 0.3) is 5.91 Å². The van der Waals surface area contributed by atoms with Gasteiger partial charge in [-0.3, -0.25) is 4.79 Å². The Morgan fingerprint density at radius 3 is 2.50 bits per heavy atom. The van der Waals surface area contributed by atoms with Crippen LogP contribution in [0.3, 0.4) is 0 Å². The predicted octanol–water partition coefficient (Wildman–Crippen LogP) is 3.25. The Labute approximate surface area is 132 Å². The fraction of sp³-hybridized carbons (Fsp3) is 0.316. The number of amides is 1. The summed E-state index contributed by atoms with van der Waals surface area (Å²) < 4.78 is 0. The number of hydrogen-bond acceptors (Lipinski definition) is 2. The van der Waals surface area contributed by atoms with Crippen molar-refractivity contribution in [2.24, 2.45) is 0 Å². The van der Waals surface area contributed by atoms with E-state index >= 15 is 0 Å². The molecule has 0 fully saturated rings. The van der Waals surface area contributed by atoms with Gasteiger partial charge in [-0.15, -0.1) is 0 Å². The molecule has 22 heavy (non-hydrogen) atoms. The number of hydrogen-bond donors (Lipinski definition) is 2. The molecule has 0 saturated heterocycles. The van der Waals surface area contributed by atoms with E-state index in [1.54, 1.807) is 0 Å². The Morgan fingerprint density at radius 1 is 1.09 bits per heavy atom. The van der Waals surface area contributed by atoms with Crippen LogP contribution in [0, 0.1) is 6.92 Å². The van der Waals surface area contributed by atoms with Crippen molar-refractivity contribution in [1.82, 2.24) is 10.6 Å². The zero-order valence-corrected chi connectivity index (χ0v) is 13.5. The molecule has 1 unspecified atom stereocenters. The highest BCUT2D eigenvalue weighted by Crippen LogP contribution is 2.18. The number of carbonyl (C=O) groups excluding carboxylic acids is 1. The smallest absolute Gasteiger partial charge is 0.252 e. The molecule has 116 valence electrons. The number of benzene rings is 2. The molecule has 1 amide bonds. The SMILES string of the molecule is CNCCc1ccccc1C(=O)NC(C)c1ccccc1C. The van der Waals surface area contributed by atoms with Crippen molar-refractivity contribution in [2.75, 3.05) is 13.6 Å². The van der Waals surface area contributed by atoms with Crippen molar-refractivity contribution < 1.29 is 4.79 Å². The highest BCUT2D eigenvalue weighted by atomic mass is 16.1. The summed E-state index contributed by atoms with van der Waals surface area (Å²) in [5.74, 6) is -0.0116. The average molecular weight is 296 g/mol. The highest BCUT2D eigenvalue weighted by Gasteiger charge is 2.15. The molecule has 2 aromatic carbocycles. The Kier molecular flexibility index (Phi) is 5.73. The quantitative estimate of drug-likeness (QED) is 0.859. The lowest BCUT2D eigenvalue weighted by Gasteiger charge is -2.18. The van der Waals surface area contributed by atoms with Gasteiger partial charge in [-0.2, -0.15) is 0 Å². The first kappa shape index (κ1) is 16.2. The Hall–Kier alpha value is -2.13. The van der Waals surface area contributed by atoms with Gasteiger partial charge in [0, 0.05) is 5.56 Å². The Balaban J connectivity index is 2.14. The maximum Gasteiger partial charge on any atom is 0.252 e. The van der Waals surface area contributed by atoms with Crippen LogP contribution < -0.4 is 10.6 Å². The third-order valence-electron chi connectivity index (χ3n) is 3.91. The molecule has 1 atom stereocenters. The molecule has 0 spiro atoms. The minimum absolute atomic E-state index is 0.00828. The molecule has 0 heterocycles. The summed E-state index contributed by atoms with van der Waals surface area (Å²) in [6, 6.07) is 15.9. The number of likely N-dealkylation sites (N-methyl/N-ethyl adjacent to an activating group) is 1. The minimum Gasteiger partial charge on any atom is -0.345 e. The minimum atomic E-state index is -0.0116. The van der Waals surface area contributed by atoms with E-state index in [4.69, 9.17) is 0 Å². The van der Waals surface area contributed by atoms with Gasteiger partial charge >= 0.3 is 0 Å². The van der Waals surface area contributed by atoms with E-state index in [0.717, 1.165) is 29.7 Å². The molecular weight excluding hydrogens is 272 g/mol. The van der Waals surface area contributed by atoms with Crippen molar-refractivity contribution in [2.45, 2.75) is 26.3 Å². The summed E-state index contributed by atoms with van der Waals surface area (Å²) in [6.45, 7) is 4.95. The molecular formula is C19H24N2O. The second-order valence-corrected chi connectivity index (χ2v) is 5.56. The first-order valence-electron chi connectivity index (χ1n) is 7.72. The normalized spacial score (nSPS) is 12.0. The largest absolute Gasteiger partial charge is 0.345 e. The standard InChI is InChI=1S/C19H24N2O/c1-14-8-4-6-10-17(14)15(2)21-19(22)18-11-7-5-9-16(18)12-13-20-3/h4-11,15,20H,12-13H2,1-3H3,(H,21,22). The van der Waals surface area contributed by atoms with E-state index in [-0.39, 0.29) is 11.9 Å². The van der Waals surface area contributed by atoms with Crippen molar-refractivity contribution in [3.63, 3.8) is 0 Å². The van der Waals surface area contributed by atoms with Crippen molar-refractivity contribution in [1.29, 1.82) is 0 Å². The van der Waals surface area contributed by atoms with E-state index < -0.39 is 0 Å². The molecule has 0 radical (unpaired) electrons. The van der Waals surface area contributed by atoms with Gasteiger partial charge in [0.1, 0.15) is 0 Å². The fourth-order valence-corrected chi connectivity index (χ4v) is 2.64. The number of nitrogens with one attached hydrogen (secondary N) is 2. The van der Waals surface area contributed by atoms with E-state index in [0.29, 0.717) is 0 Å². The number of carbonyl (C=O) groups is 1. The van der Waals surface area contributed by atoms with Gasteiger partial charge in [0.05, 0.1) is 6.04 Å². The molecule has 0 aliphatic carbocycles. The van der Waals surface area contributed by atoms with Gasteiger partial charge in [0.15, 0.2) is 0 Å². The van der Waals surface area contributed by atoms with E-state index in [1.807, 2.05) is 50.4 Å². The Bertz CT molecular complexity index is 637. The molecule has 2 aromatic rings. The van der Waals surface area contributed by atoms with Gasteiger partial charge < -0.3 is 10.6 Å². The zero-order valence-electron chi connectivity index (χ0n) is 13.5. The lowest BCUT2D eigenvalue weighted by molar-refractivity contribution is 0.0939. The Morgan fingerprint density at radius 2 is 1.77 bits per heavy atom. The molecule has 3 heteroatoms. The third kappa shape index (κ3) is 3.95. The monoisotopic (exact) mass is 296 g/mol. The van der Waals surface area contributed by atoms with E-state index in [1.165, 1.54) is 5.56 Å². The average Bonchev–Trinajstić information content (AvgIpc) is 2.53. The lowest BCUT2D eigenvalue weighted by atomic mass is 10.0. The van der Waals surface area contributed by atoms with Crippen LogP contribution in [0.25, 0.3) is 0 Å². The summed E-state index contributed by atoms with van der Waals surface area (Å²) in [7, 11) is 1.92. The molecule has 0 aromatic heterocycles. The molecule has 3 nitrogen and oxygen atoms in total. The van der Waals surface area contributed by atoms with Crippen molar-refractivity contribution >= 4 is 5.91 Å². The van der Waals surface area contributed by atoms with Crippen LogP contribution in [0.15, 0.2) is 48.5 Å². The van der Waals surface area contributed by atoms with Crippen LogP contribution in [0.5, 0.6) is 0 Å². The summed E-state index contributed by atoms with van der Waals surface area (Å²) in [4.78, 5) is 12.6. The second kappa shape index (κ2) is 7.76. The fourth-order valence-electron chi connectivity index (χ4n) is 2.64. The molecule has 0 saturated carbocycles. The summed E-state index contributed by atoms with van der Waals surface area (Å²) in [5.41, 5.74) is 4.19. The van der Waals surface area contributed by atoms with Crippen LogP contribution in [0.4, 0.5) is 0 Å². The molecule has 0 aliphatic heterocycles. The number of rotatable bonds is 6. The van der Waals surface area contributed by atoms with Crippen LogP contribution in [0.1, 0.15) is 40.0 Å². The van der Waals surface area contributed by atoms with Crippen LogP contribution in [-0.4, -0.2) is 19.5 Å². The van der Waals surface area contributed by atoms with Crippen LogP contribution >= 0.6 is 0 Å². The highest BCUT2D eigenvalue weighted by molar-refractivity contribution is 5.95. The van der Waals surface area contributed by atoms with Gasteiger partial charge in [-0.05, 0) is 56.6 Å². The molecule has 0 aliphatic rings. The summed E-state index contributed by atoms with van der Waals surface area (Å²) in [5, 5.41) is 6.24. The van der Waals surface area contributed by atoms with Crippen molar-refractivity contribution in [3.8, 4) is 0 Å². The zero-order chi connectivity index (χ0) is 15.9. The van der Waals surface area contributed by atoms with Gasteiger partial charge in [-0.1, -0.05) is 42.5 Å². The number of aryl methyl sites for hydroxylation is 1. The van der Waals surface area contributed by atoms with Crippen molar-refractivity contribution in [3.05, 3.63) is 70.8 Å². The molecule has 0 bridgehead atoms. The maximum absolute atomic E-state index is 12.6.